The highest BCUT2D eigenvalue weighted by molar-refractivity contribution is 6.30. The monoisotopic (exact) mass is 346 g/mol. The van der Waals surface area contributed by atoms with E-state index in [9.17, 15) is 4.79 Å². The fourth-order valence-corrected chi connectivity index (χ4v) is 3.20. The third-order valence-corrected chi connectivity index (χ3v) is 4.62. The van der Waals surface area contributed by atoms with Crippen molar-refractivity contribution in [2.45, 2.75) is 6.92 Å². The molecule has 0 aliphatic carbocycles. The molecule has 122 valence electrons. The lowest BCUT2D eigenvalue weighted by molar-refractivity contribution is 0.104. The molecule has 0 bridgehead atoms. The summed E-state index contributed by atoms with van der Waals surface area (Å²) in [6.07, 6.45) is 3.48. The van der Waals surface area contributed by atoms with Crippen molar-refractivity contribution in [3.05, 3.63) is 88.7 Å². The van der Waals surface area contributed by atoms with Crippen molar-refractivity contribution in [1.82, 2.24) is 9.97 Å². The van der Waals surface area contributed by atoms with Gasteiger partial charge < -0.3 is 4.98 Å². The number of fused-ring (bicyclic) bond motifs is 1. The number of nitrogens with zero attached hydrogens (tertiary/aromatic N) is 1. The summed E-state index contributed by atoms with van der Waals surface area (Å²) < 4.78 is 0. The van der Waals surface area contributed by atoms with Crippen LogP contribution in [0.4, 0.5) is 0 Å². The molecule has 4 aromatic rings. The molecule has 0 aliphatic rings. The maximum Gasteiger partial charge on any atom is 0.195 e. The van der Waals surface area contributed by atoms with E-state index in [1.807, 2.05) is 61.5 Å². The van der Waals surface area contributed by atoms with E-state index < -0.39 is 0 Å². The number of nitrogens with one attached hydrogen (secondary N) is 1. The molecule has 0 atom stereocenters. The SMILES string of the molecule is Cc1ccccc1C(=O)c1c[nH]c2nccc(-c3ccc(Cl)cc3)c12. The molecular formula is C21H15ClN2O. The van der Waals surface area contributed by atoms with Crippen LogP contribution in [0.3, 0.4) is 0 Å². The van der Waals surface area contributed by atoms with Gasteiger partial charge in [-0.1, -0.05) is 48.0 Å². The van der Waals surface area contributed by atoms with E-state index in [0.717, 1.165) is 22.1 Å². The Balaban J connectivity index is 1.93. The fraction of sp³-hybridized carbons (Fsp3) is 0.0476. The van der Waals surface area contributed by atoms with Crippen molar-refractivity contribution in [3.8, 4) is 11.1 Å². The summed E-state index contributed by atoms with van der Waals surface area (Å²) in [7, 11) is 0. The van der Waals surface area contributed by atoms with Crippen LogP contribution in [-0.2, 0) is 0 Å². The lowest BCUT2D eigenvalue weighted by atomic mass is 9.95. The van der Waals surface area contributed by atoms with Crippen molar-refractivity contribution >= 4 is 28.4 Å². The van der Waals surface area contributed by atoms with Gasteiger partial charge in [0, 0.05) is 28.4 Å². The van der Waals surface area contributed by atoms with Crippen LogP contribution in [0, 0.1) is 6.92 Å². The highest BCUT2D eigenvalue weighted by atomic mass is 35.5. The number of pyridine rings is 1. The van der Waals surface area contributed by atoms with E-state index in [1.54, 1.807) is 12.4 Å². The third kappa shape index (κ3) is 2.73. The normalized spacial score (nSPS) is 11.0. The zero-order valence-electron chi connectivity index (χ0n) is 13.6. The molecule has 3 nitrogen and oxygen atoms in total. The minimum atomic E-state index is -0.00689. The molecule has 0 aliphatic heterocycles. The minimum absolute atomic E-state index is 0.00689. The predicted octanol–water partition coefficient (Wildman–Crippen LogP) is 5.42. The van der Waals surface area contributed by atoms with Crippen LogP contribution in [0.25, 0.3) is 22.2 Å². The molecule has 2 aromatic carbocycles. The minimum Gasteiger partial charge on any atom is -0.345 e. The zero-order chi connectivity index (χ0) is 17.4. The van der Waals surface area contributed by atoms with Gasteiger partial charge in [-0.05, 0) is 41.8 Å². The Bertz CT molecular complexity index is 1080. The van der Waals surface area contributed by atoms with Gasteiger partial charge in [-0.15, -0.1) is 0 Å². The zero-order valence-corrected chi connectivity index (χ0v) is 14.3. The number of aryl methyl sites for hydroxylation is 1. The van der Waals surface area contributed by atoms with E-state index in [-0.39, 0.29) is 5.78 Å². The number of H-pyrrole nitrogens is 1. The van der Waals surface area contributed by atoms with E-state index in [0.29, 0.717) is 21.8 Å². The number of benzene rings is 2. The number of aromatic amines is 1. The van der Waals surface area contributed by atoms with Gasteiger partial charge in [0.1, 0.15) is 5.65 Å². The van der Waals surface area contributed by atoms with E-state index in [2.05, 4.69) is 9.97 Å². The number of ketones is 1. The Kier molecular flexibility index (Phi) is 3.86. The largest absolute Gasteiger partial charge is 0.345 e. The Labute approximate surface area is 150 Å². The molecule has 2 aromatic heterocycles. The Morgan fingerprint density at radius 3 is 2.52 bits per heavy atom. The smallest absolute Gasteiger partial charge is 0.195 e. The van der Waals surface area contributed by atoms with Crippen molar-refractivity contribution in [1.29, 1.82) is 0 Å². The first-order valence-corrected chi connectivity index (χ1v) is 8.35. The fourth-order valence-electron chi connectivity index (χ4n) is 3.08. The molecule has 4 rings (SSSR count). The van der Waals surface area contributed by atoms with Gasteiger partial charge in [0.15, 0.2) is 5.78 Å². The van der Waals surface area contributed by atoms with Crippen LogP contribution in [-0.4, -0.2) is 15.8 Å². The lowest BCUT2D eigenvalue weighted by Crippen LogP contribution is -2.03. The molecule has 0 radical (unpaired) electrons. The second-order valence-electron chi connectivity index (χ2n) is 5.94. The first kappa shape index (κ1) is 15.6. The first-order chi connectivity index (χ1) is 12.1. The molecule has 0 unspecified atom stereocenters. The van der Waals surface area contributed by atoms with Gasteiger partial charge in [-0.3, -0.25) is 4.79 Å². The van der Waals surface area contributed by atoms with Crippen LogP contribution < -0.4 is 0 Å². The van der Waals surface area contributed by atoms with Gasteiger partial charge >= 0.3 is 0 Å². The summed E-state index contributed by atoms with van der Waals surface area (Å²) in [6.45, 7) is 1.94. The number of rotatable bonds is 3. The van der Waals surface area contributed by atoms with Crippen LogP contribution in [0.1, 0.15) is 21.5 Å². The van der Waals surface area contributed by atoms with Crippen molar-refractivity contribution < 1.29 is 4.79 Å². The van der Waals surface area contributed by atoms with Gasteiger partial charge in [-0.2, -0.15) is 0 Å². The average Bonchev–Trinajstić information content (AvgIpc) is 3.06. The molecule has 2 heterocycles. The number of hydrogen-bond donors (Lipinski definition) is 1. The van der Waals surface area contributed by atoms with Crippen LogP contribution in [0.5, 0.6) is 0 Å². The quantitative estimate of drug-likeness (QED) is 0.503. The maximum atomic E-state index is 13.1. The lowest BCUT2D eigenvalue weighted by Gasteiger charge is -2.07. The third-order valence-electron chi connectivity index (χ3n) is 4.36. The number of hydrogen-bond acceptors (Lipinski definition) is 2. The number of carbonyl (C=O) groups is 1. The van der Waals surface area contributed by atoms with Gasteiger partial charge in [-0.25, -0.2) is 4.98 Å². The standard InChI is InChI=1S/C21H15ClN2O/c1-13-4-2-3-5-16(13)20(25)18-12-24-21-19(18)17(10-11-23-21)14-6-8-15(22)9-7-14/h2-12H,1H3,(H,23,24). The summed E-state index contributed by atoms with van der Waals surface area (Å²) in [6, 6.07) is 17.1. The van der Waals surface area contributed by atoms with Crippen LogP contribution in [0.2, 0.25) is 5.02 Å². The Morgan fingerprint density at radius 1 is 1.00 bits per heavy atom. The molecule has 0 fully saturated rings. The van der Waals surface area contributed by atoms with E-state index in [4.69, 9.17) is 11.6 Å². The number of halogens is 1. The Morgan fingerprint density at radius 2 is 1.76 bits per heavy atom. The molecule has 0 saturated heterocycles. The maximum absolute atomic E-state index is 13.1. The summed E-state index contributed by atoms with van der Waals surface area (Å²) >= 11 is 6.00. The summed E-state index contributed by atoms with van der Waals surface area (Å²) in [5, 5.41) is 1.51. The van der Waals surface area contributed by atoms with E-state index in [1.165, 1.54) is 0 Å². The summed E-state index contributed by atoms with van der Waals surface area (Å²) in [5.74, 6) is -0.00689. The van der Waals surface area contributed by atoms with Crippen molar-refractivity contribution in [3.63, 3.8) is 0 Å². The van der Waals surface area contributed by atoms with Gasteiger partial charge in [0.25, 0.3) is 0 Å². The number of carbonyl (C=O) groups excluding carboxylic acids is 1. The first-order valence-electron chi connectivity index (χ1n) is 7.97. The second kappa shape index (κ2) is 6.19. The molecule has 1 N–H and O–H groups in total. The summed E-state index contributed by atoms with van der Waals surface area (Å²) in [5.41, 5.74) is 4.94. The predicted molar refractivity (Wildman–Crippen MR) is 101 cm³/mol. The van der Waals surface area contributed by atoms with Crippen LogP contribution >= 0.6 is 11.6 Å². The summed E-state index contributed by atoms with van der Waals surface area (Å²) in [4.78, 5) is 20.6. The Hall–Kier alpha value is -2.91. The average molecular weight is 347 g/mol. The molecular weight excluding hydrogens is 332 g/mol. The van der Waals surface area contributed by atoms with Crippen molar-refractivity contribution in [2.75, 3.05) is 0 Å². The van der Waals surface area contributed by atoms with E-state index >= 15 is 0 Å². The van der Waals surface area contributed by atoms with Gasteiger partial charge in [0.2, 0.25) is 0 Å². The molecule has 0 spiro atoms. The molecule has 25 heavy (non-hydrogen) atoms. The molecule has 0 amide bonds. The molecule has 0 saturated carbocycles. The van der Waals surface area contributed by atoms with Gasteiger partial charge in [0.05, 0.1) is 5.56 Å². The second-order valence-corrected chi connectivity index (χ2v) is 6.37. The van der Waals surface area contributed by atoms with Crippen molar-refractivity contribution in [2.24, 2.45) is 0 Å². The highest BCUT2D eigenvalue weighted by Crippen LogP contribution is 2.32. The molecule has 4 heteroatoms. The topological polar surface area (TPSA) is 45.8 Å². The number of aromatic nitrogens is 2. The van der Waals surface area contributed by atoms with Crippen LogP contribution in [0.15, 0.2) is 67.0 Å². The highest BCUT2D eigenvalue weighted by Gasteiger charge is 2.19.